The van der Waals surface area contributed by atoms with E-state index in [0.29, 0.717) is 17.5 Å². The standard InChI is InChI=1S/C15H16N6/c16-3-11-6-19-21(8-11)14-9-20(10-14)7-12-4-17-15(18-5-12)13-1-2-13/h4-6,8,13-14H,1-2,7,9-10H2. The van der Waals surface area contributed by atoms with Gasteiger partial charge in [0.2, 0.25) is 0 Å². The van der Waals surface area contributed by atoms with Crippen LogP contribution in [0.3, 0.4) is 0 Å². The van der Waals surface area contributed by atoms with Gasteiger partial charge < -0.3 is 0 Å². The van der Waals surface area contributed by atoms with Crippen LogP contribution in [0, 0.1) is 11.3 Å². The zero-order chi connectivity index (χ0) is 14.2. The Bertz CT molecular complexity index is 673. The normalized spacial score (nSPS) is 19.2. The molecule has 2 aromatic heterocycles. The van der Waals surface area contributed by atoms with Gasteiger partial charge in [-0.15, -0.1) is 0 Å². The first-order chi connectivity index (χ1) is 10.3. The number of aromatic nitrogens is 4. The van der Waals surface area contributed by atoms with Crippen LogP contribution in [0.5, 0.6) is 0 Å². The third kappa shape index (κ3) is 2.52. The lowest BCUT2D eigenvalue weighted by Crippen LogP contribution is -2.47. The average molecular weight is 280 g/mol. The molecule has 21 heavy (non-hydrogen) atoms. The molecule has 1 aliphatic heterocycles. The number of likely N-dealkylation sites (tertiary alicyclic amines) is 1. The molecule has 3 heterocycles. The Morgan fingerprint density at radius 3 is 2.57 bits per heavy atom. The summed E-state index contributed by atoms with van der Waals surface area (Å²) in [7, 11) is 0. The second kappa shape index (κ2) is 4.93. The molecule has 1 aliphatic carbocycles. The van der Waals surface area contributed by atoms with E-state index in [-0.39, 0.29) is 0 Å². The number of hydrogen-bond donors (Lipinski definition) is 0. The predicted octanol–water partition coefficient (Wildman–Crippen LogP) is 1.48. The van der Waals surface area contributed by atoms with E-state index >= 15 is 0 Å². The highest BCUT2D eigenvalue weighted by Gasteiger charge is 2.29. The van der Waals surface area contributed by atoms with Gasteiger partial charge in [0, 0.05) is 49.7 Å². The molecule has 2 aliphatic rings. The fraction of sp³-hybridized carbons (Fsp3) is 0.467. The molecule has 6 nitrogen and oxygen atoms in total. The lowest BCUT2D eigenvalue weighted by Gasteiger charge is -2.39. The van der Waals surface area contributed by atoms with E-state index in [1.165, 1.54) is 12.8 Å². The van der Waals surface area contributed by atoms with Crippen LogP contribution >= 0.6 is 0 Å². The SMILES string of the molecule is N#Cc1cnn(C2CN(Cc3cnc(C4CC4)nc3)C2)c1. The first-order valence-corrected chi connectivity index (χ1v) is 7.29. The molecule has 0 unspecified atom stereocenters. The lowest BCUT2D eigenvalue weighted by molar-refractivity contribution is 0.0906. The molecule has 0 aromatic carbocycles. The Morgan fingerprint density at radius 1 is 1.19 bits per heavy atom. The Morgan fingerprint density at radius 2 is 1.95 bits per heavy atom. The fourth-order valence-corrected chi connectivity index (χ4v) is 2.69. The third-order valence-electron chi connectivity index (χ3n) is 4.12. The largest absolute Gasteiger partial charge is 0.295 e. The van der Waals surface area contributed by atoms with Crippen LogP contribution in [0.15, 0.2) is 24.8 Å². The molecule has 2 fully saturated rings. The Hall–Kier alpha value is -2.26. The summed E-state index contributed by atoms with van der Waals surface area (Å²) in [5.74, 6) is 1.61. The van der Waals surface area contributed by atoms with Gasteiger partial charge in [-0.2, -0.15) is 10.4 Å². The number of hydrogen-bond acceptors (Lipinski definition) is 5. The molecule has 0 amide bonds. The van der Waals surface area contributed by atoms with Gasteiger partial charge in [0.15, 0.2) is 0 Å². The van der Waals surface area contributed by atoms with Crippen molar-refractivity contribution >= 4 is 0 Å². The number of nitrogens with zero attached hydrogens (tertiary/aromatic N) is 6. The molecule has 1 saturated heterocycles. The summed E-state index contributed by atoms with van der Waals surface area (Å²) in [5.41, 5.74) is 1.79. The maximum atomic E-state index is 8.81. The Balaban J connectivity index is 1.32. The summed E-state index contributed by atoms with van der Waals surface area (Å²) in [6, 6.07) is 2.48. The summed E-state index contributed by atoms with van der Waals surface area (Å²) in [6.45, 7) is 2.79. The Labute approximate surface area is 123 Å². The van der Waals surface area contributed by atoms with Gasteiger partial charge in [-0.1, -0.05) is 0 Å². The van der Waals surface area contributed by atoms with Gasteiger partial charge in [0.25, 0.3) is 0 Å². The van der Waals surface area contributed by atoms with Gasteiger partial charge >= 0.3 is 0 Å². The minimum absolute atomic E-state index is 0.374. The van der Waals surface area contributed by atoms with Gasteiger partial charge in [0.05, 0.1) is 17.8 Å². The van der Waals surface area contributed by atoms with E-state index in [0.717, 1.165) is 31.0 Å². The van der Waals surface area contributed by atoms with Gasteiger partial charge in [-0.25, -0.2) is 9.97 Å². The highest BCUT2D eigenvalue weighted by Crippen LogP contribution is 2.37. The Kier molecular flexibility index (Phi) is 2.93. The van der Waals surface area contributed by atoms with Crippen molar-refractivity contribution in [3.05, 3.63) is 41.7 Å². The van der Waals surface area contributed by atoms with E-state index in [4.69, 9.17) is 5.26 Å². The first kappa shape index (κ1) is 12.5. The minimum atomic E-state index is 0.374. The summed E-state index contributed by atoms with van der Waals surface area (Å²) in [4.78, 5) is 11.2. The predicted molar refractivity (Wildman–Crippen MR) is 75.3 cm³/mol. The van der Waals surface area contributed by atoms with Crippen molar-refractivity contribution in [1.29, 1.82) is 5.26 Å². The van der Waals surface area contributed by atoms with Crippen LogP contribution in [0.1, 0.15) is 41.8 Å². The van der Waals surface area contributed by atoms with Crippen molar-refractivity contribution in [3.8, 4) is 6.07 Å². The molecular weight excluding hydrogens is 264 g/mol. The molecular formula is C15H16N6. The van der Waals surface area contributed by atoms with E-state index < -0.39 is 0 Å². The second-order valence-electron chi connectivity index (χ2n) is 5.89. The maximum absolute atomic E-state index is 8.81. The smallest absolute Gasteiger partial charge is 0.131 e. The van der Waals surface area contributed by atoms with Crippen LogP contribution in [0.25, 0.3) is 0 Å². The van der Waals surface area contributed by atoms with Crippen LogP contribution in [-0.2, 0) is 6.54 Å². The topological polar surface area (TPSA) is 70.6 Å². The van der Waals surface area contributed by atoms with Crippen LogP contribution in [0.2, 0.25) is 0 Å². The lowest BCUT2D eigenvalue weighted by atomic mass is 10.1. The molecule has 2 aromatic rings. The second-order valence-corrected chi connectivity index (χ2v) is 5.89. The molecule has 0 atom stereocenters. The van der Waals surface area contributed by atoms with Crippen molar-refractivity contribution in [2.75, 3.05) is 13.1 Å². The quantitative estimate of drug-likeness (QED) is 0.848. The molecule has 0 radical (unpaired) electrons. The zero-order valence-electron chi connectivity index (χ0n) is 11.7. The van der Waals surface area contributed by atoms with Crippen molar-refractivity contribution < 1.29 is 0 Å². The average Bonchev–Trinajstić information content (AvgIpc) is 3.21. The molecule has 1 saturated carbocycles. The summed E-state index contributed by atoms with van der Waals surface area (Å²) < 4.78 is 1.89. The molecule has 6 heteroatoms. The van der Waals surface area contributed by atoms with Gasteiger partial charge in [-0.05, 0) is 12.8 Å². The van der Waals surface area contributed by atoms with E-state index in [2.05, 4.69) is 26.0 Å². The van der Waals surface area contributed by atoms with Gasteiger partial charge in [-0.3, -0.25) is 9.58 Å². The van der Waals surface area contributed by atoms with Crippen molar-refractivity contribution in [1.82, 2.24) is 24.6 Å². The first-order valence-electron chi connectivity index (χ1n) is 7.29. The summed E-state index contributed by atoms with van der Waals surface area (Å²) >= 11 is 0. The summed E-state index contributed by atoms with van der Waals surface area (Å²) in [5, 5.41) is 13.0. The number of nitriles is 1. The van der Waals surface area contributed by atoms with Gasteiger partial charge in [0.1, 0.15) is 11.9 Å². The molecule has 0 spiro atoms. The van der Waals surface area contributed by atoms with E-state index in [1.807, 2.05) is 23.3 Å². The van der Waals surface area contributed by atoms with Crippen LogP contribution in [-0.4, -0.2) is 37.7 Å². The van der Waals surface area contributed by atoms with Crippen LogP contribution in [0.4, 0.5) is 0 Å². The molecule has 0 N–H and O–H groups in total. The third-order valence-corrected chi connectivity index (χ3v) is 4.12. The minimum Gasteiger partial charge on any atom is -0.295 e. The van der Waals surface area contributed by atoms with E-state index in [1.54, 1.807) is 6.20 Å². The van der Waals surface area contributed by atoms with Crippen molar-refractivity contribution in [3.63, 3.8) is 0 Å². The highest BCUT2D eigenvalue weighted by atomic mass is 15.4. The number of rotatable bonds is 4. The van der Waals surface area contributed by atoms with Crippen LogP contribution < -0.4 is 0 Å². The van der Waals surface area contributed by atoms with Crippen molar-refractivity contribution in [2.45, 2.75) is 31.3 Å². The van der Waals surface area contributed by atoms with E-state index in [9.17, 15) is 0 Å². The highest BCUT2D eigenvalue weighted by molar-refractivity contribution is 5.22. The van der Waals surface area contributed by atoms with Crippen molar-refractivity contribution in [2.24, 2.45) is 0 Å². The monoisotopic (exact) mass is 280 g/mol. The summed E-state index contributed by atoms with van der Waals surface area (Å²) in [6.07, 6.45) is 9.82. The molecule has 0 bridgehead atoms. The fourth-order valence-electron chi connectivity index (χ4n) is 2.69. The molecule has 106 valence electrons. The zero-order valence-corrected chi connectivity index (χ0v) is 11.7. The maximum Gasteiger partial charge on any atom is 0.131 e. The molecule has 4 rings (SSSR count).